The van der Waals surface area contributed by atoms with E-state index in [0.717, 1.165) is 0 Å². The van der Waals surface area contributed by atoms with Gasteiger partial charge in [-0.3, -0.25) is 4.57 Å². The molecular formula is C14H9BrF2N2OS. The summed E-state index contributed by atoms with van der Waals surface area (Å²) in [6.07, 6.45) is 0. The Hall–Kier alpha value is -1.73. The molecule has 1 aromatic heterocycles. The Bertz CT molecular complexity index is 881. The molecule has 21 heavy (non-hydrogen) atoms. The number of hydrogen-bond donors (Lipinski definition) is 1. The minimum Gasteiger partial charge on any atom is -0.494 e. The van der Waals surface area contributed by atoms with Crippen molar-refractivity contribution < 1.29 is 13.5 Å². The van der Waals surface area contributed by atoms with Crippen LogP contribution in [-0.2, 0) is 0 Å². The van der Waals surface area contributed by atoms with Crippen molar-refractivity contribution in [3.63, 3.8) is 0 Å². The number of halogens is 3. The standard InChI is InChI=1S/C14H9BrF2N2OS/c1-20-11-4-2-3-10-12(11)18-14(21)19(10)13-8(16)5-7(15)6-9(13)17/h2-6H,1H3,(H,18,21). The largest absolute Gasteiger partial charge is 0.494 e. The molecule has 0 aliphatic heterocycles. The van der Waals surface area contributed by atoms with Crippen LogP contribution in [0.4, 0.5) is 8.78 Å². The lowest BCUT2D eigenvalue weighted by molar-refractivity contribution is 0.419. The molecule has 0 amide bonds. The fourth-order valence-electron chi connectivity index (χ4n) is 2.24. The average Bonchev–Trinajstić information content (AvgIpc) is 2.74. The summed E-state index contributed by atoms with van der Waals surface area (Å²) >= 11 is 8.26. The molecule has 0 aliphatic rings. The van der Waals surface area contributed by atoms with Crippen LogP contribution in [0.3, 0.4) is 0 Å². The van der Waals surface area contributed by atoms with E-state index in [1.807, 2.05) is 0 Å². The summed E-state index contributed by atoms with van der Waals surface area (Å²) in [5.41, 5.74) is 0.911. The van der Waals surface area contributed by atoms with E-state index in [9.17, 15) is 8.78 Å². The van der Waals surface area contributed by atoms with Crippen molar-refractivity contribution in [2.24, 2.45) is 0 Å². The van der Waals surface area contributed by atoms with Gasteiger partial charge in [-0.1, -0.05) is 22.0 Å². The molecule has 0 radical (unpaired) electrons. The molecule has 3 rings (SSSR count). The second-order valence-corrected chi connectivity index (χ2v) is 5.64. The van der Waals surface area contributed by atoms with E-state index in [-0.39, 0.29) is 10.5 Å². The van der Waals surface area contributed by atoms with Gasteiger partial charge in [-0.2, -0.15) is 0 Å². The van der Waals surface area contributed by atoms with Crippen LogP contribution in [0.2, 0.25) is 0 Å². The lowest BCUT2D eigenvalue weighted by atomic mass is 10.2. The Morgan fingerprint density at radius 3 is 2.52 bits per heavy atom. The second kappa shape index (κ2) is 5.23. The van der Waals surface area contributed by atoms with Crippen molar-refractivity contribution in [2.75, 3.05) is 7.11 Å². The van der Waals surface area contributed by atoms with Gasteiger partial charge < -0.3 is 9.72 Å². The maximum Gasteiger partial charge on any atom is 0.183 e. The van der Waals surface area contributed by atoms with Crippen molar-refractivity contribution in [3.8, 4) is 11.4 Å². The van der Waals surface area contributed by atoms with Crippen LogP contribution in [0.1, 0.15) is 0 Å². The van der Waals surface area contributed by atoms with E-state index in [2.05, 4.69) is 20.9 Å². The summed E-state index contributed by atoms with van der Waals surface area (Å²) < 4.78 is 35.4. The normalized spacial score (nSPS) is 11.0. The lowest BCUT2D eigenvalue weighted by Crippen LogP contribution is -2.02. The van der Waals surface area contributed by atoms with Crippen LogP contribution >= 0.6 is 28.1 Å². The van der Waals surface area contributed by atoms with Gasteiger partial charge in [0.05, 0.1) is 12.6 Å². The second-order valence-electron chi connectivity index (χ2n) is 4.34. The first-order valence-electron chi connectivity index (χ1n) is 5.95. The number of fused-ring (bicyclic) bond motifs is 1. The summed E-state index contributed by atoms with van der Waals surface area (Å²) in [5.74, 6) is -0.862. The number of nitrogens with zero attached hydrogens (tertiary/aromatic N) is 1. The van der Waals surface area contributed by atoms with Crippen LogP contribution in [0.25, 0.3) is 16.7 Å². The van der Waals surface area contributed by atoms with Gasteiger partial charge in [0, 0.05) is 4.47 Å². The molecule has 3 aromatic rings. The number of nitrogens with one attached hydrogen (secondary N) is 1. The third kappa shape index (κ3) is 2.26. The monoisotopic (exact) mass is 370 g/mol. The number of methoxy groups -OCH3 is 1. The Balaban J connectivity index is 2.42. The minimum absolute atomic E-state index is 0.189. The Kier molecular flexibility index (Phi) is 3.54. The van der Waals surface area contributed by atoms with E-state index in [4.69, 9.17) is 17.0 Å². The van der Waals surface area contributed by atoms with Gasteiger partial charge in [0.2, 0.25) is 0 Å². The number of rotatable bonds is 2. The third-order valence-electron chi connectivity index (χ3n) is 3.11. The number of ether oxygens (including phenoxy) is 1. The van der Waals surface area contributed by atoms with Crippen LogP contribution in [0.15, 0.2) is 34.8 Å². The Morgan fingerprint density at radius 2 is 1.90 bits per heavy atom. The molecular weight excluding hydrogens is 362 g/mol. The maximum absolute atomic E-state index is 14.2. The highest BCUT2D eigenvalue weighted by Gasteiger charge is 2.17. The van der Waals surface area contributed by atoms with Gasteiger partial charge in [0.25, 0.3) is 0 Å². The van der Waals surface area contributed by atoms with Gasteiger partial charge in [-0.15, -0.1) is 0 Å². The highest BCUT2D eigenvalue weighted by Crippen LogP contribution is 2.30. The van der Waals surface area contributed by atoms with Gasteiger partial charge in [0.1, 0.15) is 17.0 Å². The molecule has 2 aromatic carbocycles. The molecule has 3 nitrogen and oxygen atoms in total. The van der Waals surface area contributed by atoms with E-state index < -0.39 is 11.6 Å². The quantitative estimate of drug-likeness (QED) is 0.660. The predicted molar refractivity (Wildman–Crippen MR) is 82.6 cm³/mol. The van der Waals surface area contributed by atoms with E-state index >= 15 is 0 Å². The molecule has 108 valence electrons. The zero-order valence-electron chi connectivity index (χ0n) is 10.8. The molecule has 0 fully saturated rings. The Labute approximate surface area is 132 Å². The van der Waals surface area contributed by atoms with E-state index in [1.54, 1.807) is 18.2 Å². The highest BCUT2D eigenvalue weighted by molar-refractivity contribution is 9.10. The van der Waals surface area contributed by atoms with Gasteiger partial charge in [-0.05, 0) is 36.5 Å². The van der Waals surface area contributed by atoms with Gasteiger partial charge in [-0.25, -0.2) is 8.78 Å². The molecule has 0 aliphatic carbocycles. The molecule has 0 spiro atoms. The Morgan fingerprint density at radius 1 is 1.24 bits per heavy atom. The van der Waals surface area contributed by atoms with E-state index in [0.29, 0.717) is 21.3 Å². The van der Waals surface area contributed by atoms with Crippen LogP contribution in [-0.4, -0.2) is 16.7 Å². The molecule has 0 unspecified atom stereocenters. The molecule has 0 atom stereocenters. The molecule has 0 saturated carbocycles. The van der Waals surface area contributed by atoms with Crippen molar-refractivity contribution >= 4 is 39.2 Å². The molecule has 0 bridgehead atoms. The minimum atomic E-state index is -0.707. The first-order valence-corrected chi connectivity index (χ1v) is 7.15. The zero-order valence-corrected chi connectivity index (χ0v) is 13.2. The number of para-hydroxylation sites is 1. The smallest absolute Gasteiger partial charge is 0.183 e. The number of benzene rings is 2. The van der Waals surface area contributed by atoms with Crippen molar-refractivity contribution in [1.82, 2.24) is 9.55 Å². The number of aromatic nitrogens is 2. The van der Waals surface area contributed by atoms with Crippen LogP contribution in [0.5, 0.6) is 5.75 Å². The number of hydrogen-bond acceptors (Lipinski definition) is 2. The molecule has 7 heteroatoms. The first kappa shape index (κ1) is 14.2. The topological polar surface area (TPSA) is 29.9 Å². The van der Waals surface area contributed by atoms with Crippen molar-refractivity contribution in [1.29, 1.82) is 0 Å². The number of imidazole rings is 1. The fraction of sp³-hybridized carbons (Fsp3) is 0.0714. The predicted octanol–water partition coefficient (Wildman–Crippen LogP) is 4.74. The number of H-pyrrole nitrogens is 1. The maximum atomic E-state index is 14.2. The van der Waals surface area contributed by atoms with Gasteiger partial charge >= 0.3 is 0 Å². The molecule has 1 N–H and O–H groups in total. The third-order valence-corrected chi connectivity index (χ3v) is 3.85. The first-order chi connectivity index (χ1) is 10.0. The SMILES string of the molecule is COc1cccc2c1[nH]c(=S)n2-c1c(F)cc(Br)cc1F. The summed E-state index contributed by atoms with van der Waals surface area (Å²) in [5, 5.41) is 0. The molecule has 0 saturated heterocycles. The van der Waals surface area contributed by atoms with E-state index in [1.165, 1.54) is 23.8 Å². The zero-order chi connectivity index (χ0) is 15.1. The average molecular weight is 371 g/mol. The van der Waals surface area contributed by atoms with Gasteiger partial charge in [0.15, 0.2) is 16.4 Å². The highest BCUT2D eigenvalue weighted by atomic mass is 79.9. The van der Waals surface area contributed by atoms with Crippen LogP contribution in [0, 0.1) is 16.4 Å². The summed E-state index contributed by atoms with van der Waals surface area (Å²) in [6, 6.07) is 7.57. The van der Waals surface area contributed by atoms with Crippen molar-refractivity contribution in [3.05, 3.63) is 51.2 Å². The summed E-state index contributed by atoms with van der Waals surface area (Å²) in [7, 11) is 1.52. The summed E-state index contributed by atoms with van der Waals surface area (Å²) in [6.45, 7) is 0. The lowest BCUT2D eigenvalue weighted by Gasteiger charge is -2.08. The number of aromatic amines is 1. The fourth-order valence-corrected chi connectivity index (χ4v) is 2.94. The molecule has 1 heterocycles. The van der Waals surface area contributed by atoms with Crippen LogP contribution < -0.4 is 4.74 Å². The van der Waals surface area contributed by atoms with Crippen molar-refractivity contribution in [2.45, 2.75) is 0 Å². The summed E-state index contributed by atoms with van der Waals surface area (Å²) in [4.78, 5) is 2.92.